The minimum Gasteiger partial charge on any atom is -0.504 e. The Hall–Kier alpha value is -2.73. The van der Waals surface area contributed by atoms with E-state index in [1.54, 1.807) is 13.2 Å². The van der Waals surface area contributed by atoms with Gasteiger partial charge >= 0.3 is 0 Å². The number of rotatable bonds is 2. The third-order valence-corrected chi connectivity index (χ3v) is 6.30. The van der Waals surface area contributed by atoms with Crippen LogP contribution in [0, 0.1) is 0 Å². The molecule has 0 unspecified atom stereocenters. The molecule has 2 N–H and O–H groups in total. The molecule has 0 aliphatic carbocycles. The van der Waals surface area contributed by atoms with Crippen molar-refractivity contribution in [3.05, 3.63) is 53.6 Å². The van der Waals surface area contributed by atoms with E-state index in [0.717, 1.165) is 49.4 Å². The lowest BCUT2D eigenvalue weighted by atomic mass is 9.91. The van der Waals surface area contributed by atoms with Gasteiger partial charge in [0.1, 0.15) is 5.75 Å². The van der Waals surface area contributed by atoms with Crippen molar-refractivity contribution in [1.82, 2.24) is 5.01 Å². The maximum atomic E-state index is 9.94. The molecule has 1 fully saturated rings. The van der Waals surface area contributed by atoms with E-state index in [1.807, 2.05) is 18.2 Å². The predicted molar refractivity (Wildman–Crippen MR) is 106 cm³/mol. The van der Waals surface area contributed by atoms with Crippen molar-refractivity contribution in [2.45, 2.75) is 31.0 Å². The van der Waals surface area contributed by atoms with Crippen molar-refractivity contribution < 1.29 is 19.5 Å². The molecule has 1 spiro atoms. The summed E-state index contributed by atoms with van der Waals surface area (Å²) in [5.74, 6) is 1.60. The Morgan fingerprint density at radius 3 is 2.79 bits per heavy atom. The predicted octanol–water partition coefficient (Wildman–Crippen LogP) is 1.95. The third-order valence-electron chi connectivity index (χ3n) is 6.30. The number of piperidine rings is 1. The first-order chi connectivity index (χ1) is 13.6. The molecular formula is C22H26N3O3+. The van der Waals surface area contributed by atoms with E-state index in [4.69, 9.17) is 14.6 Å². The first-order valence-electron chi connectivity index (χ1n) is 9.93. The number of nitrogens with one attached hydrogen (secondary N) is 1. The number of phenolic OH excluding ortho intramolecular Hbond substituents is 1. The highest BCUT2D eigenvalue weighted by Gasteiger charge is 2.52. The molecule has 0 bridgehead atoms. The third kappa shape index (κ3) is 2.63. The number of benzene rings is 2. The molecular weight excluding hydrogens is 354 g/mol. The smallest absolute Gasteiger partial charge is 0.208 e. The summed E-state index contributed by atoms with van der Waals surface area (Å²) in [6, 6.07) is 14.0. The number of likely N-dealkylation sites (tertiary alicyclic amines) is 1. The highest BCUT2D eigenvalue weighted by molar-refractivity contribution is 6.02. The van der Waals surface area contributed by atoms with Crippen LogP contribution in [0.2, 0.25) is 0 Å². The van der Waals surface area contributed by atoms with Crippen LogP contribution in [0.5, 0.6) is 17.2 Å². The quantitative estimate of drug-likeness (QED) is 0.836. The summed E-state index contributed by atoms with van der Waals surface area (Å²) in [5.41, 5.74) is 2.81. The molecule has 1 saturated heterocycles. The summed E-state index contributed by atoms with van der Waals surface area (Å²) in [7, 11) is 3.81. The van der Waals surface area contributed by atoms with Crippen LogP contribution >= 0.6 is 0 Å². The molecule has 6 heteroatoms. The zero-order chi connectivity index (χ0) is 19.3. The van der Waals surface area contributed by atoms with Gasteiger partial charge in [-0.15, -0.1) is 0 Å². The maximum absolute atomic E-state index is 9.94. The average molecular weight is 380 g/mol. The van der Waals surface area contributed by atoms with Crippen LogP contribution in [-0.2, 0) is 0 Å². The van der Waals surface area contributed by atoms with Crippen LogP contribution in [0.3, 0.4) is 0 Å². The van der Waals surface area contributed by atoms with Crippen LogP contribution in [0.15, 0.2) is 47.6 Å². The zero-order valence-corrected chi connectivity index (χ0v) is 16.3. The Balaban J connectivity index is 1.57. The fourth-order valence-corrected chi connectivity index (χ4v) is 4.66. The number of methoxy groups -OCH3 is 1. The molecule has 5 rings (SSSR count). The number of hydrazone groups is 1. The Morgan fingerprint density at radius 1 is 1.21 bits per heavy atom. The molecule has 0 radical (unpaired) electrons. The minimum absolute atomic E-state index is 0.144. The standard InChI is InChI=1S/C22H25N3O3/c1-24-11-9-22(10-12-24)25-18(16-5-3-4-6-20(16)28-22)14-17(23-25)15-7-8-19(26)21(13-15)27-2/h3-8,13,18,26H,9-12,14H2,1-2H3/p+1/t18-/m0/s1. The van der Waals surface area contributed by atoms with Gasteiger partial charge in [-0.1, -0.05) is 18.2 Å². The Morgan fingerprint density at radius 2 is 2.00 bits per heavy atom. The fourth-order valence-electron chi connectivity index (χ4n) is 4.66. The zero-order valence-electron chi connectivity index (χ0n) is 16.3. The molecule has 3 heterocycles. The fraction of sp³-hybridized carbons (Fsp3) is 0.409. The average Bonchev–Trinajstić information content (AvgIpc) is 3.17. The van der Waals surface area contributed by atoms with Crippen molar-refractivity contribution in [2.24, 2.45) is 5.10 Å². The van der Waals surface area contributed by atoms with Gasteiger partial charge in [-0.25, -0.2) is 5.01 Å². The number of ether oxygens (including phenoxy) is 2. The lowest BCUT2D eigenvalue weighted by molar-refractivity contribution is -0.888. The molecule has 0 amide bonds. The van der Waals surface area contributed by atoms with Gasteiger partial charge in [-0.05, 0) is 24.3 Å². The topological polar surface area (TPSA) is 58.7 Å². The van der Waals surface area contributed by atoms with Gasteiger partial charge in [0.15, 0.2) is 11.5 Å². The van der Waals surface area contributed by atoms with Crippen molar-refractivity contribution in [3.63, 3.8) is 0 Å². The Kier molecular flexibility index (Phi) is 3.98. The first-order valence-corrected chi connectivity index (χ1v) is 9.93. The monoisotopic (exact) mass is 380 g/mol. The molecule has 1 atom stereocenters. The summed E-state index contributed by atoms with van der Waals surface area (Å²) in [6.45, 7) is 2.15. The highest BCUT2D eigenvalue weighted by Crippen LogP contribution is 2.49. The van der Waals surface area contributed by atoms with E-state index < -0.39 is 0 Å². The van der Waals surface area contributed by atoms with Crippen LogP contribution in [0.25, 0.3) is 0 Å². The molecule has 3 aliphatic heterocycles. The van der Waals surface area contributed by atoms with E-state index in [2.05, 4.69) is 30.3 Å². The van der Waals surface area contributed by atoms with E-state index in [1.165, 1.54) is 10.5 Å². The lowest BCUT2D eigenvalue weighted by Crippen LogP contribution is -3.11. The van der Waals surface area contributed by atoms with Crippen LogP contribution in [0.1, 0.15) is 36.4 Å². The summed E-state index contributed by atoms with van der Waals surface area (Å²) in [6.07, 6.45) is 2.73. The molecule has 0 saturated carbocycles. The second-order valence-electron chi connectivity index (χ2n) is 8.04. The van der Waals surface area contributed by atoms with E-state index >= 15 is 0 Å². The molecule has 6 nitrogen and oxygen atoms in total. The first kappa shape index (κ1) is 17.4. The van der Waals surface area contributed by atoms with Crippen molar-refractivity contribution in [2.75, 3.05) is 27.2 Å². The molecule has 146 valence electrons. The summed E-state index contributed by atoms with van der Waals surface area (Å²) in [5, 5.41) is 17.2. The van der Waals surface area contributed by atoms with Gasteiger partial charge in [0.05, 0.1) is 51.8 Å². The SMILES string of the molecule is COc1cc(C2=NN3[C@@H](C2)c2ccccc2OC32CC[NH+](C)CC2)ccc1O. The number of hydrogen-bond acceptors (Lipinski definition) is 5. The van der Waals surface area contributed by atoms with Crippen LogP contribution in [-0.4, -0.2) is 48.8 Å². The number of nitrogens with zero attached hydrogens (tertiary/aromatic N) is 2. The number of fused-ring (bicyclic) bond motifs is 4. The maximum Gasteiger partial charge on any atom is 0.208 e. The number of aromatic hydroxyl groups is 1. The van der Waals surface area contributed by atoms with Crippen molar-refractivity contribution in [1.29, 1.82) is 0 Å². The number of quaternary nitrogens is 1. The highest BCUT2D eigenvalue weighted by atomic mass is 16.5. The van der Waals surface area contributed by atoms with E-state index in [-0.39, 0.29) is 17.5 Å². The number of phenols is 1. The molecule has 2 aromatic carbocycles. The van der Waals surface area contributed by atoms with Gasteiger partial charge in [0.2, 0.25) is 5.72 Å². The van der Waals surface area contributed by atoms with Crippen molar-refractivity contribution in [3.8, 4) is 17.2 Å². The Labute approximate surface area is 165 Å². The van der Waals surface area contributed by atoms with Gasteiger partial charge < -0.3 is 19.5 Å². The summed E-state index contributed by atoms with van der Waals surface area (Å²) >= 11 is 0. The lowest BCUT2D eigenvalue weighted by Gasteiger charge is -2.49. The Bertz CT molecular complexity index is 934. The molecule has 0 aromatic heterocycles. The van der Waals surface area contributed by atoms with E-state index in [0.29, 0.717) is 5.75 Å². The van der Waals surface area contributed by atoms with E-state index in [9.17, 15) is 5.11 Å². The van der Waals surface area contributed by atoms with Crippen molar-refractivity contribution >= 4 is 5.71 Å². The van der Waals surface area contributed by atoms with Gasteiger partial charge in [0, 0.05) is 17.5 Å². The summed E-state index contributed by atoms with van der Waals surface area (Å²) < 4.78 is 11.9. The summed E-state index contributed by atoms with van der Waals surface area (Å²) in [4.78, 5) is 1.54. The minimum atomic E-state index is -0.374. The van der Waals surface area contributed by atoms with Gasteiger partial charge in [-0.3, -0.25) is 0 Å². The molecule has 28 heavy (non-hydrogen) atoms. The molecule has 3 aliphatic rings. The molecule has 2 aromatic rings. The van der Waals surface area contributed by atoms with Gasteiger partial charge in [0.25, 0.3) is 0 Å². The number of para-hydroxylation sites is 1. The largest absolute Gasteiger partial charge is 0.504 e. The number of hydrogen-bond donors (Lipinski definition) is 2. The normalized spacial score (nSPS) is 28.4. The van der Waals surface area contributed by atoms with Crippen LogP contribution < -0.4 is 14.4 Å². The van der Waals surface area contributed by atoms with Gasteiger partial charge in [-0.2, -0.15) is 5.10 Å². The second-order valence-corrected chi connectivity index (χ2v) is 8.04. The van der Waals surface area contributed by atoms with Crippen LogP contribution in [0.4, 0.5) is 0 Å². The second kappa shape index (κ2) is 6.41.